The minimum Gasteiger partial charge on any atom is -0.330 e. The number of nitrogens with one attached hydrogen (secondary N) is 1. The van der Waals surface area contributed by atoms with Gasteiger partial charge in [0.2, 0.25) is 21.8 Å². The Hall–Kier alpha value is -1.60. The van der Waals surface area contributed by atoms with E-state index in [9.17, 15) is 18.0 Å². The van der Waals surface area contributed by atoms with Crippen LogP contribution >= 0.6 is 23.7 Å². The summed E-state index contributed by atoms with van der Waals surface area (Å²) in [5.41, 5.74) is 4.83. The summed E-state index contributed by atoms with van der Waals surface area (Å²) in [6, 6.07) is 9.14. The number of hydrogen-bond acceptors (Lipinski definition) is 8. The number of nitrogens with two attached hydrogens (primary N) is 1. The molecule has 9 nitrogen and oxygen atoms in total. The van der Waals surface area contributed by atoms with Gasteiger partial charge in [0, 0.05) is 23.1 Å². The van der Waals surface area contributed by atoms with E-state index in [0.717, 1.165) is 30.0 Å². The summed E-state index contributed by atoms with van der Waals surface area (Å²) in [5, 5.41) is 8.91. The second kappa shape index (κ2) is 10.6. The van der Waals surface area contributed by atoms with Crippen LogP contribution in [0.25, 0.3) is 0 Å². The van der Waals surface area contributed by atoms with Crippen molar-refractivity contribution in [1.82, 2.24) is 14.0 Å². The van der Waals surface area contributed by atoms with Crippen molar-refractivity contribution in [2.75, 3.05) is 25.1 Å². The number of amides is 2. The highest BCUT2D eigenvalue weighted by Crippen LogP contribution is 2.48. The molecule has 0 bridgehead atoms. The van der Waals surface area contributed by atoms with E-state index in [4.69, 9.17) is 5.73 Å². The maximum absolute atomic E-state index is 13.6. The van der Waals surface area contributed by atoms with Gasteiger partial charge in [-0.05, 0) is 17.3 Å². The van der Waals surface area contributed by atoms with Gasteiger partial charge in [0.1, 0.15) is 0 Å². The van der Waals surface area contributed by atoms with Crippen LogP contribution < -0.4 is 11.1 Å². The zero-order valence-electron chi connectivity index (χ0n) is 20.8. The lowest BCUT2D eigenvalue weighted by atomic mass is 9.93. The molecule has 2 rings (SSSR count). The van der Waals surface area contributed by atoms with Crippen molar-refractivity contribution >= 4 is 50.7 Å². The molecule has 0 saturated heterocycles. The average Bonchev–Trinajstić information content (AvgIpc) is 3.07. The number of rotatable bonds is 7. The first-order valence-electron chi connectivity index (χ1n) is 10.8. The van der Waals surface area contributed by atoms with Gasteiger partial charge in [-0.3, -0.25) is 9.59 Å². The third kappa shape index (κ3) is 6.75. The van der Waals surface area contributed by atoms with E-state index in [-0.39, 0.29) is 30.1 Å². The van der Waals surface area contributed by atoms with E-state index >= 15 is 0 Å². The van der Waals surface area contributed by atoms with E-state index < -0.39 is 25.7 Å². The molecule has 1 aromatic carbocycles. The normalized spacial score (nSPS) is 19.3. The second-order valence-corrected chi connectivity index (χ2v) is 14.6. The van der Waals surface area contributed by atoms with Crippen LogP contribution in [0, 0.1) is 10.8 Å². The van der Waals surface area contributed by atoms with Gasteiger partial charge in [0.05, 0.1) is 12.8 Å². The van der Waals surface area contributed by atoms with Crippen molar-refractivity contribution < 1.29 is 18.0 Å². The molecule has 0 aliphatic carbocycles. The summed E-state index contributed by atoms with van der Waals surface area (Å²) in [7, 11) is -3.67. The summed E-state index contributed by atoms with van der Waals surface area (Å²) in [4.78, 5) is 25.1. The number of carbonyl (C=O) groups excluding carboxylic acids is 2. The largest absolute Gasteiger partial charge is 0.330 e. The van der Waals surface area contributed by atoms with Crippen molar-refractivity contribution in [2.24, 2.45) is 21.7 Å². The van der Waals surface area contributed by atoms with E-state index in [1.54, 1.807) is 41.5 Å². The molecule has 1 aromatic rings. The van der Waals surface area contributed by atoms with Crippen molar-refractivity contribution in [3.05, 3.63) is 35.9 Å². The Morgan fingerprint density at radius 1 is 1.15 bits per heavy atom. The molecule has 12 heteroatoms. The molecule has 1 aliphatic heterocycles. The molecule has 3 N–H and O–H groups in total. The number of hydrazone groups is 1. The van der Waals surface area contributed by atoms with Gasteiger partial charge in [0.15, 0.2) is 10.0 Å². The van der Waals surface area contributed by atoms with Crippen LogP contribution in [-0.4, -0.2) is 59.2 Å². The Kier molecular flexibility index (Phi) is 8.90. The highest BCUT2D eigenvalue weighted by molar-refractivity contribution is 8.15. The molecule has 0 spiro atoms. The van der Waals surface area contributed by atoms with Crippen molar-refractivity contribution in [3.8, 4) is 0 Å². The molecule has 34 heavy (non-hydrogen) atoms. The standard InChI is InChI=1S/C22H35N5O4S3/c1-20(2,3)17(28)24-19-25-27(18(29)21(4,5)6)22(33-19,16-11-9-8-10-12-16)15-26(32-14-13-23)34(7,30)31/h8-12H,13-15,23H2,1-7H3,(H,24,25,28). The Bertz CT molecular complexity index is 1030. The molecule has 1 heterocycles. The smallest absolute Gasteiger partial charge is 0.249 e. The van der Waals surface area contributed by atoms with Gasteiger partial charge in [-0.25, -0.2) is 13.4 Å². The fourth-order valence-corrected chi connectivity index (χ4v) is 6.32. The molecule has 1 aliphatic rings. The highest BCUT2D eigenvalue weighted by Gasteiger charge is 2.53. The first-order chi connectivity index (χ1) is 15.5. The Labute approximate surface area is 211 Å². The van der Waals surface area contributed by atoms with Gasteiger partial charge in [-0.1, -0.05) is 83.8 Å². The molecule has 2 amide bonds. The molecule has 0 saturated carbocycles. The first kappa shape index (κ1) is 28.6. The molecule has 0 aromatic heterocycles. The molecule has 1 unspecified atom stereocenters. The number of nitrogens with zero attached hydrogens (tertiary/aromatic N) is 3. The van der Waals surface area contributed by atoms with Gasteiger partial charge < -0.3 is 11.1 Å². The summed E-state index contributed by atoms with van der Waals surface area (Å²) < 4.78 is 26.7. The van der Waals surface area contributed by atoms with Crippen LogP contribution in [0.5, 0.6) is 0 Å². The highest BCUT2D eigenvalue weighted by atomic mass is 32.3. The predicted octanol–water partition coefficient (Wildman–Crippen LogP) is 2.76. The zero-order valence-corrected chi connectivity index (χ0v) is 23.2. The van der Waals surface area contributed by atoms with Crippen LogP contribution in [0.3, 0.4) is 0 Å². The summed E-state index contributed by atoms with van der Waals surface area (Å²) in [6.07, 6.45) is 1.12. The van der Waals surface area contributed by atoms with Crippen LogP contribution in [0.1, 0.15) is 47.1 Å². The molecule has 0 radical (unpaired) electrons. The van der Waals surface area contributed by atoms with Gasteiger partial charge in [-0.15, -0.1) is 8.81 Å². The summed E-state index contributed by atoms with van der Waals surface area (Å²) in [5.74, 6) is -0.186. The third-order valence-corrected chi connectivity index (χ3v) is 8.91. The lowest BCUT2D eigenvalue weighted by Gasteiger charge is -2.40. The number of hydrogen-bond donors (Lipinski definition) is 2. The second-order valence-electron chi connectivity index (χ2n) is 10.1. The topological polar surface area (TPSA) is 125 Å². The first-order valence-corrected chi connectivity index (χ1v) is 14.4. The number of carbonyl (C=O) groups is 2. The molecular formula is C22H35N5O4S3. The summed E-state index contributed by atoms with van der Waals surface area (Å²) >= 11 is 2.24. The zero-order chi connectivity index (χ0) is 25.9. The molecule has 190 valence electrons. The van der Waals surface area contributed by atoms with E-state index in [1.165, 1.54) is 8.72 Å². The molecule has 0 fully saturated rings. The van der Waals surface area contributed by atoms with Crippen molar-refractivity contribution in [3.63, 3.8) is 0 Å². The SMILES string of the molecule is CC(C)(C)C(=O)NC1=NN(C(=O)C(C)(C)C)C(CN(SCCN)S(C)(=O)=O)(c2ccccc2)S1. The number of sulfonamides is 1. The maximum atomic E-state index is 13.6. The van der Waals surface area contributed by atoms with Crippen molar-refractivity contribution in [2.45, 2.75) is 46.4 Å². The van der Waals surface area contributed by atoms with E-state index in [2.05, 4.69) is 10.4 Å². The van der Waals surface area contributed by atoms with Gasteiger partial charge in [0.25, 0.3) is 0 Å². The fourth-order valence-electron chi connectivity index (χ4n) is 2.92. The fraction of sp³-hybridized carbons (Fsp3) is 0.591. The maximum Gasteiger partial charge on any atom is 0.249 e. The molecule has 1 atom stereocenters. The van der Waals surface area contributed by atoms with Crippen LogP contribution in [0.2, 0.25) is 0 Å². The number of benzene rings is 1. The Morgan fingerprint density at radius 2 is 1.74 bits per heavy atom. The Balaban J connectivity index is 2.67. The molecular weight excluding hydrogens is 494 g/mol. The van der Waals surface area contributed by atoms with E-state index in [0.29, 0.717) is 11.3 Å². The third-order valence-electron chi connectivity index (χ3n) is 4.83. The van der Waals surface area contributed by atoms with Gasteiger partial charge >= 0.3 is 0 Å². The quantitative estimate of drug-likeness (QED) is 0.520. The van der Waals surface area contributed by atoms with Crippen LogP contribution in [-0.2, 0) is 24.5 Å². The number of thioether (sulfide) groups is 1. The van der Waals surface area contributed by atoms with E-state index in [1.807, 2.05) is 30.3 Å². The minimum atomic E-state index is -3.67. The predicted molar refractivity (Wildman–Crippen MR) is 140 cm³/mol. The minimum absolute atomic E-state index is 0.0919. The van der Waals surface area contributed by atoms with Crippen LogP contribution in [0.4, 0.5) is 0 Å². The lowest BCUT2D eigenvalue weighted by Crippen LogP contribution is -2.52. The van der Waals surface area contributed by atoms with Crippen molar-refractivity contribution in [1.29, 1.82) is 0 Å². The van der Waals surface area contributed by atoms with Gasteiger partial charge in [-0.2, -0.15) is 0 Å². The average molecular weight is 530 g/mol. The monoisotopic (exact) mass is 529 g/mol. The Morgan fingerprint density at radius 3 is 2.21 bits per heavy atom. The van der Waals surface area contributed by atoms with Crippen LogP contribution in [0.15, 0.2) is 35.4 Å². The number of amidine groups is 1. The summed E-state index contributed by atoms with van der Waals surface area (Å²) in [6.45, 7) is 10.8. The lowest BCUT2D eigenvalue weighted by molar-refractivity contribution is -0.143.